The van der Waals surface area contributed by atoms with Gasteiger partial charge in [-0.1, -0.05) is 6.07 Å². The maximum Gasteiger partial charge on any atom is 0.199 e. The van der Waals surface area contributed by atoms with E-state index < -0.39 is 6.10 Å². The highest BCUT2D eigenvalue weighted by molar-refractivity contribution is 5.84. The lowest BCUT2D eigenvalue weighted by atomic mass is 10.2. The van der Waals surface area contributed by atoms with Crippen LogP contribution in [0.2, 0.25) is 0 Å². The summed E-state index contributed by atoms with van der Waals surface area (Å²) in [4.78, 5) is 20.8. The Morgan fingerprint density at radius 1 is 1.28 bits per heavy atom. The highest BCUT2D eigenvalue weighted by atomic mass is 16.5. The lowest BCUT2D eigenvalue weighted by molar-refractivity contribution is -0.124. The number of aromatic nitrogens is 4. The van der Waals surface area contributed by atoms with Gasteiger partial charge in [-0.15, -0.1) is 0 Å². The molecule has 0 saturated heterocycles. The van der Waals surface area contributed by atoms with Gasteiger partial charge in [0.1, 0.15) is 17.3 Å². The first-order valence-corrected chi connectivity index (χ1v) is 7.68. The largest absolute Gasteiger partial charge is 0.483 e. The predicted octanol–water partition coefficient (Wildman–Crippen LogP) is 2.32. The molecule has 7 nitrogen and oxygen atoms in total. The van der Waals surface area contributed by atoms with E-state index in [1.807, 2.05) is 18.2 Å². The van der Waals surface area contributed by atoms with Gasteiger partial charge < -0.3 is 4.74 Å². The Kier molecular flexibility index (Phi) is 4.81. The van der Waals surface area contributed by atoms with Crippen LogP contribution in [-0.2, 0) is 11.2 Å². The van der Waals surface area contributed by atoms with Crippen molar-refractivity contribution in [2.24, 2.45) is 0 Å². The third kappa shape index (κ3) is 4.06. The molecule has 0 radical (unpaired) electrons. The van der Waals surface area contributed by atoms with Crippen LogP contribution in [0, 0.1) is 11.3 Å². The van der Waals surface area contributed by atoms with Crippen LogP contribution in [0.4, 0.5) is 0 Å². The Bertz CT molecular complexity index is 897. The second kappa shape index (κ2) is 7.36. The zero-order valence-electron chi connectivity index (χ0n) is 13.5. The number of ketones is 1. The minimum atomic E-state index is -0.642. The number of ether oxygens (including phenoxy) is 1. The molecule has 1 aromatic carbocycles. The SMILES string of the molecule is CC(Oc1ccc(C#N)cc1)C(=O)Cc1nc(-c2ccccn2)n[nH]1. The molecule has 0 fully saturated rings. The van der Waals surface area contributed by atoms with Crippen LogP contribution in [0.5, 0.6) is 5.75 Å². The van der Waals surface area contributed by atoms with Crippen LogP contribution in [0.15, 0.2) is 48.7 Å². The molecule has 1 atom stereocenters. The molecule has 0 saturated carbocycles. The van der Waals surface area contributed by atoms with Crippen molar-refractivity contribution in [2.75, 3.05) is 0 Å². The number of nitriles is 1. The number of benzene rings is 1. The number of nitrogens with zero attached hydrogens (tertiary/aromatic N) is 4. The molecule has 0 aliphatic carbocycles. The number of aromatic amines is 1. The molecule has 2 heterocycles. The number of pyridine rings is 1. The van der Waals surface area contributed by atoms with Crippen molar-refractivity contribution < 1.29 is 9.53 Å². The average Bonchev–Trinajstić information content (AvgIpc) is 3.11. The summed E-state index contributed by atoms with van der Waals surface area (Å²) in [6.45, 7) is 1.68. The highest BCUT2D eigenvalue weighted by Gasteiger charge is 2.18. The Hall–Kier alpha value is -3.53. The standard InChI is InChI=1S/C18H15N5O2/c1-12(25-14-7-5-13(11-19)6-8-14)16(24)10-17-21-18(23-22-17)15-4-2-3-9-20-15/h2-9,12H,10H2,1H3,(H,21,22,23). The fourth-order valence-electron chi connectivity index (χ4n) is 2.17. The van der Waals surface area contributed by atoms with Crippen LogP contribution in [0.3, 0.4) is 0 Å². The number of nitrogens with one attached hydrogen (secondary N) is 1. The Morgan fingerprint density at radius 2 is 2.08 bits per heavy atom. The molecule has 0 spiro atoms. The van der Waals surface area contributed by atoms with Gasteiger partial charge in [0.25, 0.3) is 0 Å². The van der Waals surface area contributed by atoms with Crippen LogP contribution in [0.25, 0.3) is 11.5 Å². The molecular formula is C18H15N5O2. The van der Waals surface area contributed by atoms with Gasteiger partial charge in [0.05, 0.1) is 18.1 Å². The summed E-state index contributed by atoms with van der Waals surface area (Å²) in [5.41, 5.74) is 1.18. The van der Waals surface area contributed by atoms with Crippen LogP contribution in [0.1, 0.15) is 18.3 Å². The fourth-order valence-corrected chi connectivity index (χ4v) is 2.17. The molecule has 124 valence electrons. The Labute approximate surface area is 144 Å². The fraction of sp³-hybridized carbons (Fsp3) is 0.167. The highest BCUT2D eigenvalue weighted by Crippen LogP contribution is 2.15. The first kappa shape index (κ1) is 16.3. The van der Waals surface area contributed by atoms with Gasteiger partial charge in [-0.25, -0.2) is 4.98 Å². The Morgan fingerprint density at radius 3 is 2.76 bits per heavy atom. The number of Topliss-reactive ketones (excluding diaryl/α,β-unsaturated/α-hetero) is 1. The van der Waals surface area contributed by atoms with E-state index in [1.165, 1.54) is 0 Å². The molecule has 0 amide bonds. The lowest BCUT2D eigenvalue weighted by Gasteiger charge is -2.12. The second-order valence-corrected chi connectivity index (χ2v) is 5.36. The summed E-state index contributed by atoms with van der Waals surface area (Å²) in [7, 11) is 0. The van der Waals surface area contributed by atoms with E-state index in [0.29, 0.717) is 28.7 Å². The molecule has 0 bridgehead atoms. The van der Waals surface area contributed by atoms with Crippen molar-refractivity contribution in [1.29, 1.82) is 5.26 Å². The molecule has 0 aliphatic heterocycles. The predicted molar refractivity (Wildman–Crippen MR) is 89.6 cm³/mol. The van der Waals surface area contributed by atoms with Crippen molar-refractivity contribution in [3.63, 3.8) is 0 Å². The number of rotatable bonds is 6. The first-order chi connectivity index (χ1) is 12.2. The Balaban J connectivity index is 1.61. The smallest absolute Gasteiger partial charge is 0.199 e. The van der Waals surface area contributed by atoms with Crippen molar-refractivity contribution in [1.82, 2.24) is 20.2 Å². The molecule has 2 aromatic heterocycles. The van der Waals surface area contributed by atoms with E-state index in [9.17, 15) is 4.79 Å². The van der Waals surface area contributed by atoms with Gasteiger partial charge >= 0.3 is 0 Å². The summed E-state index contributed by atoms with van der Waals surface area (Å²) >= 11 is 0. The molecule has 7 heteroatoms. The average molecular weight is 333 g/mol. The summed E-state index contributed by atoms with van der Waals surface area (Å²) in [5.74, 6) is 1.31. The molecule has 1 unspecified atom stereocenters. The number of hydrogen-bond donors (Lipinski definition) is 1. The summed E-state index contributed by atoms with van der Waals surface area (Å²) in [6, 6.07) is 14.1. The lowest BCUT2D eigenvalue weighted by Crippen LogP contribution is -2.25. The van der Waals surface area contributed by atoms with Crippen LogP contribution in [-0.4, -0.2) is 32.1 Å². The second-order valence-electron chi connectivity index (χ2n) is 5.36. The van der Waals surface area contributed by atoms with Crippen LogP contribution < -0.4 is 4.74 Å². The van der Waals surface area contributed by atoms with Gasteiger partial charge in [0, 0.05) is 6.20 Å². The topological polar surface area (TPSA) is 105 Å². The third-order valence-electron chi connectivity index (χ3n) is 3.52. The first-order valence-electron chi connectivity index (χ1n) is 7.68. The monoisotopic (exact) mass is 333 g/mol. The number of hydrogen-bond acceptors (Lipinski definition) is 6. The van der Waals surface area contributed by atoms with E-state index in [2.05, 4.69) is 20.2 Å². The van der Waals surface area contributed by atoms with Gasteiger partial charge in [-0.05, 0) is 43.3 Å². The van der Waals surface area contributed by atoms with Gasteiger partial charge in [0.2, 0.25) is 0 Å². The van der Waals surface area contributed by atoms with Crippen molar-refractivity contribution in [3.8, 4) is 23.3 Å². The normalized spacial score (nSPS) is 11.5. The summed E-state index contributed by atoms with van der Waals surface area (Å²) < 4.78 is 5.61. The molecular weight excluding hydrogens is 318 g/mol. The van der Waals surface area contributed by atoms with E-state index in [4.69, 9.17) is 10.00 Å². The third-order valence-corrected chi connectivity index (χ3v) is 3.52. The van der Waals surface area contributed by atoms with Crippen LogP contribution >= 0.6 is 0 Å². The molecule has 25 heavy (non-hydrogen) atoms. The van der Waals surface area contributed by atoms with E-state index >= 15 is 0 Å². The zero-order valence-corrected chi connectivity index (χ0v) is 13.5. The number of carbonyl (C=O) groups excluding carboxylic acids is 1. The number of H-pyrrole nitrogens is 1. The zero-order chi connectivity index (χ0) is 17.6. The minimum Gasteiger partial charge on any atom is -0.483 e. The maximum atomic E-state index is 12.3. The van der Waals surface area contributed by atoms with E-state index in [1.54, 1.807) is 43.5 Å². The number of carbonyl (C=O) groups is 1. The van der Waals surface area contributed by atoms with Gasteiger partial charge in [-0.3, -0.25) is 14.9 Å². The minimum absolute atomic E-state index is 0.0806. The van der Waals surface area contributed by atoms with E-state index in [-0.39, 0.29) is 12.2 Å². The van der Waals surface area contributed by atoms with Crippen molar-refractivity contribution in [3.05, 3.63) is 60.0 Å². The van der Waals surface area contributed by atoms with Crippen molar-refractivity contribution >= 4 is 5.78 Å². The quantitative estimate of drug-likeness (QED) is 0.742. The van der Waals surface area contributed by atoms with Gasteiger partial charge in [-0.2, -0.15) is 10.4 Å². The van der Waals surface area contributed by atoms with Gasteiger partial charge in [0.15, 0.2) is 17.7 Å². The van der Waals surface area contributed by atoms with E-state index in [0.717, 1.165) is 0 Å². The van der Waals surface area contributed by atoms with Crippen molar-refractivity contribution in [2.45, 2.75) is 19.4 Å². The molecule has 3 aromatic rings. The molecule has 3 rings (SSSR count). The molecule has 1 N–H and O–H groups in total. The summed E-state index contributed by atoms with van der Waals surface area (Å²) in [6.07, 6.45) is 1.10. The maximum absolute atomic E-state index is 12.3. The molecule has 0 aliphatic rings. The summed E-state index contributed by atoms with van der Waals surface area (Å²) in [5, 5.41) is 15.6.